The van der Waals surface area contributed by atoms with Gasteiger partial charge in [-0.15, -0.1) is 0 Å². The highest BCUT2D eigenvalue weighted by Crippen LogP contribution is 2.26. The van der Waals surface area contributed by atoms with Gasteiger partial charge in [-0.3, -0.25) is 14.5 Å². The summed E-state index contributed by atoms with van der Waals surface area (Å²) in [6, 6.07) is 8.16. The van der Waals surface area contributed by atoms with E-state index in [4.69, 9.17) is 4.74 Å². The number of ether oxygens (including phenoxy) is 1. The molecular weight excluding hydrogens is 446 g/mol. The van der Waals surface area contributed by atoms with Gasteiger partial charge in [0.15, 0.2) is 0 Å². The Bertz CT molecular complexity index is 1090. The molecule has 1 aromatic heterocycles. The van der Waals surface area contributed by atoms with Crippen LogP contribution in [0.25, 0.3) is 10.9 Å². The first-order chi connectivity index (χ1) is 17.0. The third-order valence-corrected chi connectivity index (χ3v) is 7.60. The maximum Gasteiger partial charge on any atom is 0.409 e. The van der Waals surface area contributed by atoms with E-state index < -0.39 is 0 Å². The zero-order chi connectivity index (χ0) is 24.4. The van der Waals surface area contributed by atoms with Crippen molar-refractivity contribution in [1.29, 1.82) is 0 Å². The van der Waals surface area contributed by atoms with Crippen molar-refractivity contribution < 1.29 is 19.1 Å². The van der Waals surface area contributed by atoms with Crippen LogP contribution < -0.4 is 0 Å². The van der Waals surface area contributed by atoms with Gasteiger partial charge in [0, 0.05) is 74.9 Å². The SMILES string of the molecule is CCOC(=O)N1CCN(C(=O)c2cc3cc(C(=O)N4CCCN(C5CCC5)CC4)ccc3[nH]2)CC1. The zero-order valence-electron chi connectivity index (χ0n) is 20.5. The topological polar surface area (TPSA) is 89.2 Å². The summed E-state index contributed by atoms with van der Waals surface area (Å²) in [6.45, 7) is 7.53. The molecule has 0 unspecified atom stereocenters. The van der Waals surface area contributed by atoms with Crippen LogP contribution in [0.5, 0.6) is 0 Å². The Labute approximate surface area is 206 Å². The lowest BCUT2D eigenvalue weighted by atomic mass is 9.91. The van der Waals surface area contributed by atoms with E-state index in [9.17, 15) is 14.4 Å². The second-order valence-electron chi connectivity index (χ2n) is 9.73. The molecule has 35 heavy (non-hydrogen) atoms. The molecule has 0 atom stereocenters. The summed E-state index contributed by atoms with van der Waals surface area (Å²) in [7, 11) is 0. The number of nitrogens with one attached hydrogen (secondary N) is 1. The third kappa shape index (κ3) is 5.00. The monoisotopic (exact) mass is 481 g/mol. The summed E-state index contributed by atoms with van der Waals surface area (Å²) < 4.78 is 5.05. The van der Waals surface area contributed by atoms with E-state index in [1.165, 1.54) is 19.3 Å². The van der Waals surface area contributed by atoms with Crippen molar-refractivity contribution in [2.75, 3.05) is 59.0 Å². The van der Waals surface area contributed by atoms with Crippen LogP contribution in [-0.2, 0) is 4.74 Å². The Kier molecular flexibility index (Phi) is 6.95. The Morgan fingerprint density at radius 3 is 2.29 bits per heavy atom. The van der Waals surface area contributed by atoms with Gasteiger partial charge in [0.1, 0.15) is 5.69 Å². The molecule has 5 rings (SSSR count). The van der Waals surface area contributed by atoms with Crippen LogP contribution in [0.3, 0.4) is 0 Å². The number of aromatic amines is 1. The highest BCUT2D eigenvalue weighted by molar-refractivity contribution is 6.01. The fraction of sp³-hybridized carbons (Fsp3) is 0.577. The summed E-state index contributed by atoms with van der Waals surface area (Å²) >= 11 is 0. The van der Waals surface area contributed by atoms with Crippen LogP contribution in [0, 0.1) is 0 Å². The van der Waals surface area contributed by atoms with Crippen molar-refractivity contribution in [3.8, 4) is 0 Å². The molecule has 3 amide bonds. The lowest BCUT2D eigenvalue weighted by molar-refractivity contribution is 0.0566. The molecule has 2 aromatic rings. The number of nitrogens with zero attached hydrogens (tertiary/aromatic N) is 4. The Hall–Kier alpha value is -3.07. The molecule has 1 aliphatic carbocycles. The first-order valence-electron chi connectivity index (χ1n) is 12.9. The Morgan fingerprint density at radius 1 is 0.857 bits per heavy atom. The molecule has 0 spiro atoms. The van der Waals surface area contributed by atoms with Gasteiger partial charge in [0.05, 0.1) is 6.61 Å². The minimum absolute atomic E-state index is 0.0616. The number of hydrogen-bond donors (Lipinski definition) is 1. The van der Waals surface area contributed by atoms with E-state index in [1.807, 2.05) is 29.2 Å². The Morgan fingerprint density at radius 2 is 1.57 bits per heavy atom. The standard InChI is InChI=1S/C26H35N5O4/c1-2-35-26(34)31-15-13-30(14-16-31)25(33)23-18-20-17-19(7-8-22(20)27-23)24(32)29-10-4-9-28(11-12-29)21-5-3-6-21/h7-8,17-18,21,27H,2-6,9-16H2,1H3. The molecule has 3 fully saturated rings. The maximum atomic E-state index is 13.3. The number of piperazine rings is 1. The van der Waals surface area contributed by atoms with Gasteiger partial charge < -0.3 is 24.4 Å². The largest absolute Gasteiger partial charge is 0.450 e. The first kappa shape index (κ1) is 23.7. The quantitative estimate of drug-likeness (QED) is 0.726. The summed E-state index contributed by atoms with van der Waals surface area (Å²) in [4.78, 5) is 49.3. The highest BCUT2D eigenvalue weighted by atomic mass is 16.6. The fourth-order valence-corrected chi connectivity index (χ4v) is 5.30. The first-order valence-corrected chi connectivity index (χ1v) is 12.9. The molecule has 0 radical (unpaired) electrons. The third-order valence-electron chi connectivity index (χ3n) is 7.60. The summed E-state index contributed by atoms with van der Waals surface area (Å²) in [5, 5.41) is 0.857. The van der Waals surface area contributed by atoms with Crippen molar-refractivity contribution >= 4 is 28.8 Å². The smallest absolute Gasteiger partial charge is 0.409 e. The van der Waals surface area contributed by atoms with Gasteiger partial charge in [-0.1, -0.05) is 6.42 Å². The van der Waals surface area contributed by atoms with Crippen molar-refractivity contribution in [1.82, 2.24) is 24.6 Å². The number of H-pyrrole nitrogens is 1. The van der Waals surface area contributed by atoms with Gasteiger partial charge in [-0.2, -0.15) is 0 Å². The predicted octanol–water partition coefficient (Wildman–Crippen LogP) is 2.78. The van der Waals surface area contributed by atoms with Crippen LogP contribution in [0.1, 0.15) is 53.5 Å². The fourth-order valence-electron chi connectivity index (χ4n) is 5.30. The van der Waals surface area contributed by atoms with Crippen molar-refractivity contribution in [3.63, 3.8) is 0 Å². The van der Waals surface area contributed by atoms with E-state index in [0.717, 1.165) is 43.5 Å². The molecule has 3 aliphatic rings. The number of aromatic nitrogens is 1. The number of benzene rings is 1. The molecule has 1 saturated carbocycles. The molecule has 2 aliphatic heterocycles. The predicted molar refractivity (Wildman–Crippen MR) is 133 cm³/mol. The van der Waals surface area contributed by atoms with Crippen LogP contribution in [-0.4, -0.2) is 107 Å². The van der Waals surface area contributed by atoms with Crippen LogP contribution in [0.4, 0.5) is 4.79 Å². The second kappa shape index (κ2) is 10.3. The minimum Gasteiger partial charge on any atom is -0.450 e. The number of rotatable bonds is 4. The average Bonchev–Trinajstić information content (AvgIpc) is 3.13. The number of carbonyl (C=O) groups is 3. The van der Waals surface area contributed by atoms with Crippen molar-refractivity contribution in [2.24, 2.45) is 0 Å². The van der Waals surface area contributed by atoms with Gasteiger partial charge >= 0.3 is 6.09 Å². The average molecular weight is 482 g/mol. The molecule has 9 heteroatoms. The van der Waals surface area contributed by atoms with E-state index in [2.05, 4.69) is 9.88 Å². The van der Waals surface area contributed by atoms with Gasteiger partial charge in [-0.25, -0.2) is 4.79 Å². The molecule has 0 bridgehead atoms. The minimum atomic E-state index is -0.331. The van der Waals surface area contributed by atoms with E-state index in [1.54, 1.807) is 16.7 Å². The van der Waals surface area contributed by atoms with Crippen LogP contribution in [0.15, 0.2) is 24.3 Å². The highest BCUT2D eigenvalue weighted by Gasteiger charge is 2.29. The number of amides is 3. The summed E-state index contributed by atoms with van der Waals surface area (Å²) in [5.74, 6) is -0.0345. The molecule has 1 N–H and O–H groups in total. The second-order valence-corrected chi connectivity index (χ2v) is 9.73. The normalized spacial score (nSPS) is 20.0. The number of carbonyl (C=O) groups excluding carboxylic acids is 3. The summed E-state index contributed by atoms with van der Waals surface area (Å²) in [6.07, 6.45) is 4.59. The van der Waals surface area contributed by atoms with E-state index in [0.29, 0.717) is 50.1 Å². The Balaban J connectivity index is 1.22. The van der Waals surface area contributed by atoms with Gasteiger partial charge in [0.25, 0.3) is 11.8 Å². The molecule has 1 aromatic carbocycles. The molecule has 9 nitrogen and oxygen atoms in total. The molecule has 2 saturated heterocycles. The van der Waals surface area contributed by atoms with Crippen LogP contribution >= 0.6 is 0 Å². The van der Waals surface area contributed by atoms with Crippen molar-refractivity contribution in [2.45, 2.75) is 38.6 Å². The number of fused-ring (bicyclic) bond motifs is 1. The lowest BCUT2D eigenvalue weighted by Gasteiger charge is -2.36. The van der Waals surface area contributed by atoms with Crippen LogP contribution in [0.2, 0.25) is 0 Å². The lowest BCUT2D eigenvalue weighted by Crippen LogP contribution is -2.50. The zero-order valence-corrected chi connectivity index (χ0v) is 20.5. The van der Waals surface area contributed by atoms with E-state index >= 15 is 0 Å². The molecular formula is C26H35N5O4. The van der Waals surface area contributed by atoms with E-state index in [-0.39, 0.29) is 17.9 Å². The van der Waals surface area contributed by atoms with Gasteiger partial charge in [0.2, 0.25) is 0 Å². The molecule has 188 valence electrons. The molecule has 3 heterocycles. The summed E-state index contributed by atoms with van der Waals surface area (Å²) in [5.41, 5.74) is 2.00. The number of hydrogen-bond acceptors (Lipinski definition) is 5. The van der Waals surface area contributed by atoms with Gasteiger partial charge in [-0.05, 0) is 50.5 Å². The van der Waals surface area contributed by atoms with Crippen molar-refractivity contribution in [3.05, 3.63) is 35.5 Å². The maximum absolute atomic E-state index is 13.3.